The quantitative estimate of drug-likeness (QED) is 0.883. The number of aryl methyl sites for hydroxylation is 1. The Hall–Kier alpha value is -0.860. The van der Waals surface area contributed by atoms with Gasteiger partial charge in [-0.2, -0.15) is 0 Å². The molecule has 2 unspecified atom stereocenters. The number of nitrogens with one attached hydrogen (secondary N) is 1. The van der Waals surface area contributed by atoms with Crippen LogP contribution >= 0.6 is 0 Å². The molecular formula is C16H25NO. The average Bonchev–Trinajstić information content (AvgIpc) is 2.31. The molecule has 1 aliphatic carbocycles. The minimum atomic E-state index is -0.0787. The molecule has 1 aliphatic rings. The van der Waals surface area contributed by atoms with Gasteiger partial charge in [0.25, 0.3) is 0 Å². The number of hydrogen-bond acceptors (Lipinski definition) is 2. The van der Waals surface area contributed by atoms with E-state index < -0.39 is 0 Å². The van der Waals surface area contributed by atoms with E-state index in [1.54, 1.807) is 0 Å². The van der Waals surface area contributed by atoms with Crippen molar-refractivity contribution in [1.82, 2.24) is 5.32 Å². The van der Waals surface area contributed by atoms with Crippen molar-refractivity contribution in [3.8, 4) is 0 Å². The van der Waals surface area contributed by atoms with E-state index in [-0.39, 0.29) is 11.7 Å². The Labute approximate surface area is 111 Å². The molecule has 2 atom stereocenters. The Morgan fingerprint density at radius 3 is 2.67 bits per heavy atom. The molecule has 0 spiro atoms. The monoisotopic (exact) mass is 247 g/mol. The van der Waals surface area contributed by atoms with Crippen LogP contribution in [0.15, 0.2) is 24.3 Å². The van der Waals surface area contributed by atoms with E-state index in [1.165, 1.54) is 11.1 Å². The van der Waals surface area contributed by atoms with Gasteiger partial charge in [-0.15, -0.1) is 0 Å². The molecule has 0 heterocycles. The summed E-state index contributed by atoms with van der Waals surface area (Å²) in [6, 6.07) is 9.07. The highest BCUT2D eigenvalue weighted by Gasteiger charge is 2.32. The van der Waals surface area contributed by atoms with Gasteiger partial charge >= 0.3 is 0 Å². The number of rotatable bonds is 3. The predicted octanol–water partition coefficient (Wildman–Crippen LogP) is 3.47. The molecule has 0 aromatic heterocycles. The van der Waals surface area contributed by atoms with Crippen LogP contribution in [-0.4, -0.2) is 18.2 Å². The highest BCUT2D eigenvalue weighted by Crippen LogP contribution is 2.33. The molecule has 0 fully saturated rings. The summed E-state index contributed by atoms with van der Waals surface area (Å²) in [5, 5.41) is 3.59. The number of fused-ring (bicyclic) bond motifs is 1. The summed E-state index contributed by atoms with van der Waals surface area (Å²) in [5.41, 5.74) is 2.81. The van der Waals surface area contributed by atoms with Crippen LogP contribution in [0.5, 0.6) is 0 Å². The van der Waals surface area contributed by atoms with Gasteiger partial charge in [-0.25, -0.2) is 0 Å². The summed E-state index contributed by atoms with van der Waals surface area (Å²) < 4.78 is 6.24. The second-order valence-corrected chi connectivity index (χ2v) is 6.04. The van der Waals surface area contributed by atoms with Crippen LogP contribution < -0.4 is 5.32 Å². The van der Waals surface area contributed by atoms with Crippen molar-refractivity contribution in [2.45, 2.75) is 58.3 Å². The van der Waals surface area contributed by atoms with Crippen LogP contribution in [0.4, 0.5) is 0 Å². The van der Waals surface area contributed by atoms with E-state index in [0.717, 1.165) is 19.4 Å². The molecular weight excluding hydrogens is 222 g/mol. The first-order chi connectivity index (χ1) is 8.51. The molecule has 1 aromatic rings. The Morgan fingerprint density at radius 1 is 1.28 bits per heavy atom. The molecule has 2 rings (SSSR count). The van der Waals surface area contributed by atoms with Gasteiger partial charge in [0, 0.05) is 0 Å². The van der Waals surface area contributed by atoms with Gasteiger partial charge < -0.3 is 10.1 Å². The molecule has 2 nitrogen and oxygen atoms in total. The van der Waals surface area contributed by atoms with E-state index in [2.05, 4.69) is 57.3 Å². The van der Waals surface area contributed by atoms with Crippen molar-refractivity contribution >= 4 is 0 Å². The number of likely N-dealkylation sites (N-methyl/N-ethyl adjacent to an activating group) is 1. The Bertz CT molecular complexity index is 394. The van der Waals surface area contributed by atoms with Crippen molar-refractivity contribution in [2.75, 3.05) is 6.54 Å². The smallest absolute Gasteiger partial charge is 0.0780 e. The van der Waals surface area contributed by atoms with Crippen LogP contribution in [0.3, 0.4) is 0 Å². The first-order valence-corrected chi connectivity index (χ1v) is 7.00. The summed E-state index contributed by atoms with van der Waals surface area (Å²) in [7, 11) is 0. The lowest BCUT2D eigenvalue weighted by molar-refractivity contribution is -0.0815. The highest BCUT2D eigenvalue weighted by atomic mass is 16.5. The third-order valence-electron chi connectivity index (χ3n) is 3.39. The Kier molecular flexibility index (Phi) is 4.08. The predicted molar refractivity (Wildman–Crippen MR) is 75.8 cm³/mol. The van der Waals surface area contributed by atoms with Gasteiger partial charge in [0.15, 0.2) is 0 Å². The van der Waals surface area contributed by atoms with Crippen LogP contribution in [-0.2, 0) is 11.2 Å². The van der Waals surface area contributed by atoms with Crippen molar-refractivity contribution in [3.05, 3.63) is 35.4 Å². The van der Waals surface area contributed by atoms with Gasteiger partial charge in [-0.1, -0.05) is 31.2 Å². The summed E-state index contributed by atoms with van der Waals surface area (Å²) in [5.74, 6) is 0. The maximum Gasteiger partial charge on any atom is 0.0780 e. The molecule has 2 heteroatoms. The van der Waals surface area contributed by atoms with Gasteiger partial charge in [-0.3, -0.25) is 0 Å². The second kappa shape index (κ2) is 5.41. The summed E-state index contributed by atoms with van der Waals surface area (Å²) >= 11 is 0. The first kappa shape index (κ1) is 13.6. The van der Waals surface area contributed by atoms with E-state index in [0.29, 0.717) is 6.04 Å². The maximum atomic E-state index is 6.24. The van der Waals surface area contributed by atoms with Crippen molar-refractivity contribution < 1.29 is 4.74 Å². The van der Waals surface area contributed by atoms with Crippen molar-refractivity contribution in [1.29, 1.82) is 0 Å². The van der Waals surface area contributed by atoms with Gasteiger partial charge in [0.1, 0.15) is 0 Å². The maximum absolute atomic E-state index is 6.24. The molecule has 1 aromatic carbocycles. The SMILES string of the molecule is CCNC1c2ccccc2CCC1OC(C)(C)C. The van der Waals surface area contributed by atoms with Gasteiger partial charge in [0.05, 0.1) is 17.7 Å². The fourth-order valence-corrected chi connectivity index (χ4v) is 2.77. The lowest BCUT2D eigenvalue weighted by Crippen LogP contribution is -2.41. The van der Waals surface area contributed by atoms with E-state index >= 15 is 0 Å². The lowest BCUT2D eigenvalue weighted by Gasteiger charge is -2.38. The summed E-state index contributed by atoms with van der Waals surface area (Å²) in [4.78, 5) is 0. The highest BCUT2D eigenvalue weighted by molar-refractivity contribution is 5.33. The fraction of sp³-hybridized carbons (Fsp3) is 0.625. The third kappa shape index (κ3) is 3.12. The molecule has 0 saturated carbocycles. The van der Waals surface area contributed by atoms with E-state index in [4.69, 9.17) is 4.74 Å². The van der Waals surface area contributed by atoms with Crippen LogP contribution in [0.1, 0.15) is 51.3 Å². The molecule has 18 heavy (non-hydrogen) atoms. The zero-order chi connectivity index (χ0) is 13.2. The van der Waals surface area contributed by atoms with E-state index in [9.17, 15) is 0 Å². The fourth-order valence-electron chi connectivity index (χ4n) is 2.77. The average molecular weight is 247 g/mol. The number of benzene rings is 1. The molecule has 100 valence electrons. The molecule has 1 N–H and O–H groups in total. The standard InChI is InChI=1S/C16H25NO/c1-5-17-15-13-9-7-6-8-12(13)10-11-14(15)18-16(2,3)4/h6-9,14-15,17H,5,10-11H2,1-4H3. The van der Waals surface area contributed by atoms with Crippen LogP contribution in [0, 0.1) is 0 Å². The van der Waals surface area contributed by atoms with Crippen LogP contribution in [0.25, 0.3) is 0 Å². The summed E-state index contributed by atoms with van der Waals surface area (Å²) in [6.45, 7) is 9.54. The zero-order valence-electron chi connectivity index (χ0n) is 12.0. The van der Waals surface area contributed by atoms with Crippen molar-refractivity contribution in [3.63, 3.8) is 0 Å². The topological polar surface area (TPSA) is 21.3 Å². The van der Waals surface area contributed by atoms with Crippen LogP contribution in [0.2, 0.25) is 0 Å². The van der Waals surface area contributed by atoms with Crippen molar-refractivity contribution in [2.24, 2.45) is 0 Å². The molecule has 0 aliphatic heterocycles. The molecule has 0 saturated heterocycles. The van der Waals surface area contributed by atoms with E-state index in [1.807, 2.05) is 0 Å². The zero-order valence-corrected chi connectivity index (χ0v) is 12.0. The number of ether oxygens (including phenoxy) is 1. The first-order valence-electron chi connectivity index (χ1n) is 7.00. The second-order valence-electron chi connectivity index (χ2n) is 6.04. The molecule has 0 radical (unpaired) electrons. The summed E-state index contributed by atoms with van der Waals surface area (Å²) in [6.07, 6.45) is 2.50. The number of hydrogen-bond donors (Lipinski definition) is 1. The third-order valence-corrected chi connectivity index (χ3v) is 3.39. The lowest BCUT2D eigenvalue weighted by atomic mass is 9.85. The Morgan fingerprint density at radius 2 is 2.00 bits per heavy atom. The minimum Gasteiger partial charge on any atom is -0.371 e. The minimum absolute atomic E-state index is 0.0787. The Balaban J connectivity index is 2.24. The normalized spacial score (nSPS) is 23.8. The molecule has 0 bridgehead atoms. The molecule has 0 amide bonds. The van der Waals surface area contributed by atoms with Gasteiger partial charge in [0.2, 0.25) is 0 Å². The largest absolute Gasteiger partial charge is 0.371 e. The van der Waals surface area contributed by atoms with Gasteiger partial charge in [-0.05, 0) is 51.3 Å².